The molecular formula is C20H28N2O3S2. The molecule has 1 aliphatic rings. The maximum absolute atomic E-state index is 12.7. The monoisotopic (exact) mass is 408 g/mol. The molecule has 2 heterocycles. The van der Waals surface area contributed by atoms with Crippen LogP contribution >= 0.6 is 11.3 Å². The van der Waals surface area contributed by atoms with Crippen LogP contribution < -0.4 is 9.46 Å². The second kappa shape index (κ2) is 8.73. The van der Waals surface area contributed by atoms with E-state index in [1.54, 1.807) is 13.2 Å². The van der Waals surface area contributed by atoms with Gasteiger partial charge in [0.25, 0.3) is 0 Å². The summed E-state index contributed by atoms with van der Waals surface area (Å²) < 4.78 is 33.9. The molecule has 1 aromatic heterocycles. The molecule has 1 N–H and O–H groups in total. The average Bonchev–Trinajstić information content (AvgIpc) is 3.17. The Balaban J connectivity index is 1.74. The lowest BCUT2D eigenvalue weighted by atomic mass is 9.85. The Morgan fingerprint density at radius 2 is 1.96 bits per heavy atom. The highest BCUT2D eigenvalue weighted by atomic mass is 32.2. The van der Waals surface area contributed by atoms with Crippen LogP contribution in [0, 0.1) is 5.92 Å². The summed E-state index contributed by atoms with van der Waals surface area (Å²) in [4.78, 5) is 3.41. The van der Waals surface area contributed by atoms with Gasteiger partial charge in [-0.25, -0.2) is 13.1 Å². The van der Waals surface area contributed by atoms with Crippen LogP contribution in [0.2, 0.25) is 0 Å². The molecule has 1 saturated heterocycles. The standard InChI is InChI=1S/C20H28N2O3S2/c1-4-18-11-12-19(26-18)27(23,24)21-14-16-6-5-13-22(2)20(16)15-7-9-17(25-3)10-8-15/h7-12,16,20-21H,4-6,13-14H2,1-3H3. The highest BCUT2D eigenvalue weighted by Crippen LogP contribution is 2.35. The molecule has 27 heavy (non-hydrogen) atoms. The summed E-state index contributed by atoms with van der Waals surface area (Å²) in [5.74, 6) is 1.07. The van der Waals surface area contributed by atoms with Gasteiger partial charge in [0.15, 0.2) is 0 Å². The molecule has 2 unspecified atom stereocenters. The van der Waals surface area contributed by atoms with Gasteiger partial charge in [-0.15, -0.1) is 11.3 Å². The number of rotatable bonds is 7. The molecule has 148 valence electrons. The third-order valence-electron chi connectivity index (χ3n) is 5.25. The number of ether oxygens (including phenoxy) is 1. The summed E-state index contributed by atoms with van der Waals surface area (Å²) >= 11 is 1.35. The second-order valence-corrected chi connectivity index (χ2v) is 10.2. The maximum atomic E-state index is 12.7. The van der Waals surface area contributed by atoms with Crippen molar-refractivity contribution in [1.82, 2.24) is 9.62 Å². The topological polar surface area (TPSA) is 58.6 Å². The Morgan fingerprint density at radius 1 is 1.22 bits per heavy atom. The fraction of sp³-hybridized carbons (Fsp3) is 0.500. The molecule has 1 fully saturated rings. The predicted octanol–water partition coefficient (Wildman–Crippen LogP) is 3.68. The van der Waals surface area contributed by atoms with Crippen LogP contribution in [0.1, 0.15) is 36.2 Å². The van der Waals surface area contributed by atoms with E-state index in [1.807, 2.05) is 25.1 Å². The van der Waals surface area contributed by atoms with Gasteiger partial charge < -0.3 is 4.74 Å². The van der Waals surface area contributed by atoms with Crippen molar-refractivity contribution in [3.05, 3.63) is 46.8 Å². The largest absolute Gasteiger partial charge is 0.497 e. The molecule has 5 nitrogen and oxygen atoms in total. The zero-order valence-electron chi connectivity index (χ0n) is 16.1. The van der Waals surface area contributed by atoms with Gasteiger partial charge >= 0.3 is 0 Å². The highest BCUT2D eigenvalue weighted by Gasteiger charge is 2.31. The first-order valence-electron chi connectivity index (χ1n) is 9.37. The number of hydrogen-bond acceptors (Lipinski definition) is 5. The number of piperidine rings is 1. The van der Waals surface area contributed by atoms with Crippen LogP contribution in [0.25, 0.3) is 0 Å². The molecule has 0 aliphatic carbocycles. The number of hydrogen-bond donors (Lipinski definition) is 1. The number of likely N-dealkylation sites (tertiary alicyclic amines) is 1. The molecule has 0 bridgehead atoms. The summed E-state index contributed by atoms with van der Waals surface area (Å²) in [6.07, 6.45) is 2.94. The van der Waals surface area contributed by atoms with Crippen LogP contribution in [0.4, 0.5) is 0 Å². The van der Waals surface area contributed by atoms with Crippen molar-refractivity contribution in [3.63, 3.8) is 0 Å². The SMILES string of the molecule is CCc1ccc(S(=O)(=O)NCC2CCCN(C)C2c2ccc(OC)cc2)s1. The number of sulfonamides is 1. The van der Waals surface area contributed by atoms with Gasteiger partial charge in [0.1, 0.15) is 9.96 Å². The highest BCUT2D eigenvalue weighted by molar-refractivity contribution is 7.91. The van der Waals surface area contributed by atoms with E-state index in [1.165, 1.54) is 16.9 Å². The van der Waals surface area contributed by atoms with Crippen molar-refractivity contribution in [2.24, 2.45) is 5.92 Å². The molecular weight excluding hydrogens is 380 g/mol. The van der Waals surface area contributed by atoms with E-state index < -0.39 is 10.0 Å². The molecule has 0 amide bonds. The van der Waals surface area contributed by atoms with Crippen LogP contribution in [0.3, 0.4) is 0 Å². The summed E-state index contributed by atoms with van der Waals surface area (Å²) in [5.41, 5.74) is 1.20. The van der Waals surface area contributed by atoms with E-state index in [-0.39, 0.29) is 12.0 Å². The molecule has 7 heteroatoms. The molecule has 3 rings (SSSR count). The van der Waals surface area contributed by atoms with Crippen molar-refractivity contribution >= 4 is 21.4 Å². The van der Waals surface area contributed by atoms with E-state index in [9.17, 15) is 8.42 Å². The molecule has 1 aromatic carbocycles. The molecule has 1 aliphatic heterocycles. The zero-order chi connectivity index (χ0) is 19.4. The van der Waals surface area contributed by atoms with Crippen molar-refractivity contribution in [2.75, 3.05) is 27.2 Å². The molecule has 0 saturated carbocycles. The molecule has 0 spiro atoms. The fourth-order valence-corrected chi connectivity index (χ4v) is 6.22. The van der Waals surface area contributed by atoms with Crippen LogP contribution in [0.5, 0.6) is 5.75 Å². The van der Waals surface area contributed by atoms with Crippen molar-refractivity contribution in [1.29, 1.82) is 0 Å². The average molecular weight is 409 g/mol. The van der Waals surface area contributed by atoms with Gasteiger partial charge in [0.2, 0.25) is 10.0 Å². The number of methoxy groups -OCH3 is 1. The van der Waals surface area contributed by atoms with E-state index in [0.717, 1.165) is 36.4 Å². The van der Waals surface area contributed by atoms with Crippen molar-refractivity contribution in [2.45, 2.75) is 36.4 Å². The number of nitrogens with one attached hydrogen (secondary N) is 1. The quantitative estimate of drug-likeness (QED) is 0.759. The summed E-state index contributed by atoms with van der Waals surface area (Å²) in [5, 5.41) is 0. The van der Waals surface area contributed by atoms with E-state index in [4.69, 9.17) is 4.74 Å². The molecule has 2 aromatic rings. The van der Waals surface area contributed by atoms with E-state index in [0.29, 0.717) is 10.8 Å². The summed E-state index contributed by atoms with van der Waals surface area (Å²) in [6.45, 7) is 3.50. The smallest absolute Gasteiger partial charge is 0.250 e. The van der Waals surface area contributed by atoms with Gasteiger partial charge in [-0.2, -0.15) is 0 Å². The van der Waals surface area contributed by atoms with Crippen LogP contribution in [-0.2, 0) is 16.4 Å². The number of benzene rings is 1. The second-order valence-electron chi connectivity index (χ2n) is 7.03. The third kappa shape index (κ3) is 4.71. The molecule has 2 atom stereocenters. The first kappa shape index (κ1) is 20.3. The Morgan fingerprint density at radius 3 is 2.59 bits per heavy atom. The third-order valence-corrected chi connectivity index (χ3v) is 8.40. The first-order chi connectivity index (χ1) is 12.9. The fourth-order valence-electron chi connectivity index (χ4n) is 3.78. The summed E-state index contributed by atoms with van der Waals surface area (Å²) in [6, 6.07) is 11.9. The molecule has 0 radical (unpaired) electrons. The van der Waals surface area contributed by atoms with Gasteiger partial charge in [-0.3, -0.25) is 4.90 Å². The minimum absolute atomic E-state index is 0.196. The minimum Gasteiger partial charge on any atom is -0.497 e. The normalized spacial score (nSPS) is 21.3. The summed E-state index contributed by atoms with van der Waals surface area (Å²) in [7, 11) is 0.321. The Hall–Kier alpha value is -1.41. The Bertz CT molecular complexity index is 846. The zero-order valence-corrected chi connectivity index (χ0v) is 17.8. The Labute approximate surface area is 166 Å². The lowest BCUT2D eigenvalue weighted by Gasteiger charge is -2.39. The number of nitrogens with zero attached hydrogens (tertiary/aromatic N) is 1. The predicted molar refractivity (Wildman–Crippen MR) is 110 cm³/mol. The number of thiophene rings is 1. The van der Waals surface area contributed by atoms with Crippen LogP contribution in [0.15, 0.2) is 40.6 Å². The lowest BCUT2D eigenvalue weighted by molar-refractivity contribution is 0.123. The van der Waals surface area contributed by atoms with E-state index >= 15 is 0 Å². The van der Waals surface area contributed by atoms with Crippen molar-refractivity contribution < 1.29 is 13.2 Å². The number of aryl methyl sites for hydroxylation is 1. The van der Waals surface area contributed by atoms with Gasteiger partial charge in [-0.05, 0) is 68.6 Å². The Kier molecular flexibility index (Phi) is 6.57. The minimum atomic E-state index is -3.45. The van der Waals surface area contributed by atoms with Gasteiger partial charge in [-0.1, -0.05) is 19.1 Å². The maximum Gasteiger partial charge on any atom is 0.250 e. The first-order valence-corrected chi connectivity index (χ1v) is 11.7. The van der Waals surface area contributed by atoms with Crippen molar-refractivity contribution in [3.8, 4) is 5.75 Å². The van der Waals surface area contributed by atoms with Crippen LogP contribution in [-0.4, -0.2) is 40.6 Å². The van der Waals surface area contributed by atoms with Gasteiger partial charge in [0, 0.05) is 17.5 Å². The van der Waals surface area contributed by atoms with E-state index in [2.05, 4.69) is 28.8 Å². The lowest BCUT2D eigenvalue weighted by Crippen LogP contribution is -2.41. The van der Waals surface area contributed by atoms with Gasteiger partial charge in [0.05, 0.1) is 7.11 Å².